The first kappa shape index (κ1) is 12.3. The quantitative estimate of drug-likeness (QED) is 0.507. The van der Waals surface area contributed by atoms with E-state index >= 15 is 0 Å². The average molecular weight is 242 g/mol. The Morgan fingerprint density at radius 2 is 1.67 bits per heavy atom. The maximum absolute atomic E-state index is 12.3. The molecule has 0 aromatic heterocycles. The Morgan fingerprint density at radius 1 is 1.06 bits per heavy atom. The van der Waals surface area contributed by atoms with Gasteiger partial charge < -0.3 is 4.89 Å². The Bertz CT molecular complexity index is 534. The molecule has 92 valence electrons. The number of hydrogen-bond acceptors (Lipinski definition) is 3. The average Bonchev–Trinajstić information content (AvgIpc) is 2.46. The molecule has 2 aromatic rings. The van der Waals surface area contributed by atoms with Gasteiger partial charge in [-0.15, -0.1) is 0 Å². The van der Waals surface area contributed by atoms with Crippen molar-refractivity contribution in [2.45, 2.75) is 12.8 Å². The molecule has 2 rings (SSSR count). The lowest BCUT2D eigenvalue weighted by molar-refractivity contribution is -0.138. The summed E-state index contributed by atoms with van der Waals surface area (Å²) in [6, 6.07) is 16.0. The molecule has 3 nitrogen and oxygen atoms in total. The molecule has 0 radical (unpaired) electrons. The molecule has 18 heavy (non-hydrogen) atoms. The van der Waals surface area contributed by atoms with Gasteiger partial charge in [-0.1, -0.05) is 55.5 Å². The summed E-state index contributed by atoms with van der Waals surface area (Å²) in [5.41, 5.74) is 1.33. The lowest BCUT2D eigenvalue weighted by atomic mass is 9.92. The van der Waals surface area contributed by atoms with Crippen molar-refractivity contribution in [2.24, 2.45) is 0 Å². The van der Waals surface area contributed by atoms with Gasteiger partial charge in [0.1, 0.15) is 0 Å². The van der Waals surface area contributed by atoms with Gasteiger partial charge in [-0.25, -0.2) is 5.26 Å². The molecule has 0 aliphatic carbocycles. The number of carbonyl (C=O) groups is 1. The van der Waals surface area contributed by atoms with Gasteiger partial charge in [0.15, 0.2) is 11.5 Å². The molecule has 0 aliphatic rings. The van der Waals surface area contributed by atoms with Gasteiger partial charge in [-0.05, 0) is 6.07 Å². The summed E-state index contributed by atoms with van der Waals surface area (Å²) in [7, 11) is 0. The van der Waals surface area contributed by atoms with Crippen molar-refractivity contribution in [3.8, 4) is 5.75 Å². The third-order valence-electron chi connectivity index (χ3n) is 2.94. The van der Waals surface area contributed by atoms with Crippen LogP contribution < -0.4 is 4.89 Å². The van der Waals surface area contributed by atoms with Crippen LogP contribution in [0.15, 0.2) is 54.6 Å². The maximum atomic E-state index is 12.3. The number of carbonyl (C=O) groups excluding carboxylic acids is 1. The van der Waals surface area contributed by atoms with Crippen LogP contribution in [0.3, 0.4) is 0 Å². The van der Waals surface area contributed by atoms with E-state index in [0.29, 0.717) is 16.9 Å². The Balaban J connectivity index is 2.31. The lowest BCUT2D eigenvalue weighted by Gasteiger charge is -2.13. The molecule has 3 heteroatoms. The van der Waals surface area contributed by atoms with Crippen LogP contribution in [0.25, 0.3) is 0 Å². The number of rotatable bonds is 4. The summed E-state index contributed by atoms with van der Waals surface area (Å²) in [5.74, 6) is -0.0508. The zero-order valence-corrected chi connectivity index (χ0v) is 10.0. The summed E-state index contributed by atoms with van der Waals surface area (Å²) >= 11 is 0. The van der Waals surface area contributed by atoms with Gasteiger partial charge in [0.05, 0.1) is 0 Å². The van der Waals surface area contributed by atoms with Gasteiger partial charge in [0, 0.05) is 17.0 Å². The van der Waals surface area contributed by atoms with Crippen molar-refractivity contribution >= 4 is 5.78 Å². The van der Waals surface area contributed by atoms with Gasteiger partial charge in [0.25, 0.3) is 0 Å². The molecule has 1 unspecified atom stereocenters. The summed E-state index contributed by atoms with van der Waals surface area (Å²) in [4.78, 5) is 16.6. The molecule has 1 atom stereocenters. The number of ketones is 1. The van der Waals surface area contributed by atoms with E-state index in [2.05, 4.69) is 4.89 Å². The van der Waals surface area contributed by atoms with Crippen LogP contribution >= 0.6 is 0 Å². The molecule has 0 amide bonds. The van der Waals surface area contributed by atoms with E-state index in [0.717, 1.165) is 0 Å². The summed E-state index contributed by atoms with van der Waals surface area (Å²) in [6.07, 6.45) is 0. The fraction of sp³-hybridized carbons (Fsp3) is 0.133. The number of hydrogen-bond donors (Lipinski definition) is 1. The lowest BCUT2D eigenvalue weighted by Crippen LogP contribution is -2.10. The van der Waals surface area contributed by atoms with Crippen molar-refractivity contribution in [3.05, 3.63) is 65.7 Å². The van der Waals surface area contributed by atoms with Crippen molar-refractivity contribution in [3.63, 3.8) is 0 Å². The topological polar surface area (TPSA) is 46.5 Å². The van der Waals surface area contributed by atoms with Gasteiger partial charge in [-0.3, -0.25) is 4.79 Å². The highest BCUT2D eigenvalue weighted by molar-refractivity contribution is 6.01. The summed E-state index contributed by atoms with van der Waals surface area (Å²) < 4.78 is 0. The third kappa shape index (κ3) is 2.41. The smallest absolute Gasteiger partial charge is 0.170 e. The van der Waals surface area contributed by atoms with E-state index in [1.807, 2.05) is 24.3 Å². The standard InChI is InChI=1S/C15H14O3/c1-11(13-9-5-6-10-14(13)18-17)15(16)12-7-3-2-4-8-12/h2-11,17H,1H3. The Hall–Kier alpha value is -2.13. The van der Waals surface area contributed by atoms with Crippen molar-refractivity contribution < 1.29 is 14.9 Å². The molecule has 0 spiro atoms. The molecular weight excluding hydrogens is 228 g/mol. The van der Waals surface area contributed by atoms with Crippen molar-refractivity contribution in [2.75, 3.05) is 0 Å². The van der Waals surface area contributed by atoms with Crippen LogP contribution in [-0.2, 0) is 0 Å². The van der Waals surface area contributed by atoms with E-state index in [-0.39, 0.29) is 11.7 Å². The molecular formula is C15H14O3. The summed E-state index contributed by atoms with van der Waals surface area (Å²) in [5, 5.41) is 8.81. The fourth-order valence-electron chi connectivity index (χ4n) is 1.92. The second kappa shape index (κ2) is 5.47. The molecule has 0 aliphatic heterocycles. The maximum Gasteiger partial charge on any atom is 0.170 e. The van der Waals surface area contributed by atoms with Crippen LogP contribution in [0, 0.1) is 0 Å². The first-order valence-corrected chi connectivity index (χ1v) is 5.73. The minimum Gasteiger partial charge on any atom is -0.340 e. The van der Waals surface area contributed by atoms with E-state index in [4.69, 9.17) is 5.26 Å². The number of benzene rings is 2. The highest BCUT2D eigenvalue weighted by Crippen LogP contribution is 2.28. The SMILES string of the molecule is CC(C(=O)c1ccccc1)c1ccccc1OO. The van der Waals surface area contributed by atoms with Gasteiger partial charge >= 0.3 is 0 Å². The van der Waals surface area contributed by atoms with E-state index in [9.17, 15) is 4.79 Å². The molecule has 2 aromatic carbocycles. The molecule has 0 fully saturated rings. The highest BCUT2D eigenvalue weighted by atomic mass is 17.1. The second-order valence-corrected chi connectivity index (χ2v) is 4.08. The van der Waals surface area contributed by atoms with Gasteiger partial charge in [-0.2, -0.15) is 0 Å². The highest BCUT2D eigenvalue weighted by Gasteiger charge is 2.20. The number of Topliss-reactive ketones (excluding diaryl/α,β-unsaturated/α-hetero) is 1. The van der Waals surface area contributed by atoms with E-state index < -0.39 is 0 Å². The van der Waals surface area contributed by atoms with Crippen LogP contribution in [0.5, 0.6) is 5.75 Å². The molecule has 0 saturated carbocycles. The molecule has 1 N–H and O–H groups in total. The zero-order valence-electron chi connectivity index (χ0n) is 10.0. The Kier molecular flexibility index (Phi) is 3.75. The van der Waals surface area contributed by atoms with Crippen molar-refractivity contribution in [1.82, 2.24) is 0 Å². The van der Waals surface area contributed by atoms with E-state index in [1.54, 1.807) is 37.3 Å². The Labute approximate surface area is 106 Å². The van der Waals surface area contributed by atoms with Crippen LogP contribution in [0.1, 0.15) is 28.8 Å². The minimum atomic E-state index is -0.365. The largest absolute Gasteiger partial charge is 0.340 e. The fourth-order valence-corrected chi connectivity index (χ4v) is 1.92. The molecule has 0 bridgehead atoms. The normalized spacial score (nSPS) is 11.9. The van der Waals surface area contributed by atoms with Gasteiger partial charge in [0.2, 0.25) is 0 Å². The third-order valence-corrected chi connectivity index (χ3v) is 2.94. The molecule has 0 heterocycles. The first-order chi connectivity index (χ1) is 8.74. The molecule has 0 saturated heterocycles. The van der Waals surface area contributed by atoms with Crippen LogP contribution in [-0.4, -0.2) is 11.0 Å². The monoisotopic (exact) mass is 242 g/mol. The van der Waals surface area contributed by atoms with Crippen LogP contribution in [0.4, 0.5) is 0 Å². The number of para-hydroxylation sites is 1. The summed E-state index contributed by atoms with van der Waals surface area (Å²) in [6.45, 7) is 1.80. The Morgan fingerprint density at radius 3 is 2.33 bits per heavy atom. The minimum absolute atomic E-state index is 0.0000926. The van der Waals surface area contributed by atoms with E-state index in [1.165, 1.54) is 0 Å². The zero-order chi connectivity index (χ0) is 13.0. The van der Waals surface area contributed by atoms with Crippen molar-refractivity contribution in [1.29, 1.82) is 0 Å². The van der Waals surface area contributed by atoms with Crippen LogP contribution in [0.2, 0.25) is 0 Å². The first-order valence-electron chi connectivity index (χ1n) is 5.73. The predicted octanol–water partition coefficient (Wildman–Crippen LogP) is 3.52. The predicted molar refractivity (Wildman–Crippen MR) is 68.9 cm³/mol. The second-order valence-electron chi connectivity index (χ2n) is 4.08.